The molecule has 64 valence electrons. The first-order valence-electron chi connectivity index (χ1n) is 3.70. The summed E-state index contributed by atoms with van der Waals surface area (Å²) in [7, 11) is 0. The zero-order valence-electron chi connectivity index (χ0n) is 10.5. The van der Waals surface area contributed by atoms with Crippen LogP contribution in [0.5, 0.6) is 0 Å². The molecule has 0 aromatic carbocycles. The van der Waals surface area contributed by atoms with Gasteiger partial charge in [0.2, 0.25) is 5.91 Å². The van der Waals surface area contributed by atoms with Crippen LogP contribution in [0.3, 0.4) is 0 Å². The van der Waals surface area contributed by atoms with Crippen LogP contribution < -0.4 is 49.2 Å². The molecule has 0 aromatic rings. The van der Waals surface area contributed by atoms with E-state index in [0.29, 0.717) is 6.42 Å². The second-order valence-corrected chi connectivity index (χ2v) is 2.57. The van der Waals surface area contributed by atoms with E-state index in [-0.39, 0.29) is 52.5 Å². The van der Waals surface area contributed by atoms with E-state index in [2.05, 4.69) is 6.92 Å². The predicted octanol–water partition coefficient (Wildman–Crippen LogP) is -5.39. The standard InChI is InChI=1S/C7H16N2O.2Li.2H/c1-2-3-4-6(8)5-7(9)10;;;;/h6H,2-5,8H2,1H3,(H2,9,10);;;;/q;2*+1;2*-1. The Morgan fingerprint density at radius 2 is 2.00 bits per heavy atom. The van der Waals surface area contributed by atoms with Crippen LogP contribution in [0.1, 0.15) is 35.5 Å². The van der Waals surface area contributed by atoms with Crippen molar-refractivity contribution in [2.45, 2.75) is 38.6 Å². The second kappa shape index (κ2) is 11.6. The maximum atomic E-state index is 10.3. The van der Waals surface area contributed by atoms with E-state index >= 15 is 0 Å². The number of carbonyl (C=O) groups is 1. The molecule has 0 bridgehead atoms. The Labute approximate surface area is 101 Å². The average Bonchev–Trinajstić information content (AvgIpc) is 1.82. The third kappa shape index (κ3) is 13.2. The van der Waals surface area contributed by atoms with Crippen LogP contribution in [0.4, 0.5) is 0 Å². The minimum Gasteiger partial charge on any atom is -1.00 e. The third-order valence-electron chi connectivity index (χ3n) is 1.39. The van der Waals surface area contributed by atoms with E-state index < -0.39 is 0 Å². The molecule has 0 aliphatic rings. The van der Waals surface area contributed by atoms with E-state index in [1.165, 1.54) is 0 Å². The quantitative estimate of drug-likeness (QED) is 0.394. The van der Waals surface area contributed by atoms with Crippen molar-refractivity contribution in [2.24, 2.45) is 11.5 Å². The van der Waals surface area contributed by atoms with Crippen LogP contribution in [0, 0.1) is 0 Å². The van der Waals surface area contributed by atoms with Crippen molar-refractivity contribution in [1.82, 2.24) is 0 Å². The molecule has 0 aliphatic heterocycles. The molecule has 0 spiro atoms. The molecule has 0 saturated carbocycles. The number of hydrogen-bond acceptors (Lipinski definition) is 2. The third-order valence-corrected chi connectivity index (χ3v) is 1.39. The Morgan fingerprint density at radius 3 is 2.33 bits per heavy atom. The molecule has 1 unspecified atom stereocenters. The minimum absolute atomic E-state index is 0. The first-order valence-corrected chi connectivity index (χ1v) is 3.70. The summed E-state index contributed by atoms with van der Waals surface area (Å²) in [6.07, 6.45) is 3.42. The number of primary amides is 1. The number of amides is 1. The van der Waals surface area contributed by atoms with Crippen molar-refractivity contribution in [1.29, 1.82) is 0 Å². The summed E-state index contributed by atoms with van der Waals surface area (Å²) in [6.45, 7) is 2.09. The monoisotopic (exact) mass is 160 g/mol. The van der Waals surface area contributed by atoms with Gasteiger partial charge in [0.15, 0.2) is 0 Å². The molecule has 0 heterocycles. The summed E-state index contributed by atoms with van der Waals surface area (Å²) < 4.78 is 0. The van der Waals surface area contributed by atoms with Gasteiger partial charge in [-0.3, -0.25) is 4.79 Å². The Morgan fingerprint density at radius 1 is 1.50 bits per heavy atom. The van der Waals surface area contributed by atoms with Gasteiger partial charge in [-0.2, -0.15) is 0 Å². The molecule has 0 aromatic heterocycles. The Bertz CT molecular complexity index is 120. The summed E-state index contributed by atoms with van der Waals surface area (Å²) in [4.78, 5) is 10.3. The van der Waals surface area contributed by atoms with Crippen molar-refractivity contribution >= 4 is 5.91 Å². The van der Waals surface area contributed by atoms with Gasteiger partial charge < -0.3 is 14.3 Å². The predicted molar refractivity (Wildman–Crippen MR) is 43.5 cm³/mol. The van der Waals surface area contributed by atoms with Gasteiger partial charge in [-0.1, -0.05) is 19.8 Å². The topological polar surface area (TPSA) is 69.1 Å². The SMILES string of the molecule is CCCCC(N)CC(N)=O.[H-].[H-].[Li+].[Li+]. The van der Waals surface area contributed by atoms with Gasteiger partial charge in [-0.05, 0) is 6.42 Å². The molecule has 3 nitrogen and oxygen atoms in total. The van der Waals surface area contributed by atoms with Crippen LogP contribution in [0.15, 0.2) is 0 Å². The number of unbranched alkanes of at least 4 members (excludes halogenated alkanes) is 1. The van der Waals surface area contributed by atoms with Crippen LogP contribution in [0.25, 0.3) is 0 Å². The number of hydrogen-bond donors (Lipinski definition) is 2. The molecule has 0 rings (SSSR count). The van der Waals surface area contributed by atoms with Gasteiger partial charge in [0.25, 0.3) is 0 Å². The normalized spacial score (nSPS) is 10.8. The number of nitrogens with two attached hydrogens (primary N) is 2. The maximum Gasteiger partial charge on any atom is 1.00 e. The zero-order chi connectivity index (χ0) is 7.98. The van der Waals surface area contributed by atoms with Crippen LogP contribution in [-0.2, 0) is 4.79 Å². The van der Waals surface area contributed by atoms with E-state index in [4.69, 9.17) is 11.5 Å². The fourth-order valence-corrected chi connectivity index (χ4v) is 0.827. The maximum absolute atomic E-state index is 10.3. The zero-order valence-corrected chi connectivity index (χ0v) is 8.47. The fourth-order valence-electron chi connectivity index (χ4n) is 0.827. The molecule has 4 N–H and O–H groups in total. The molecular formula is C7H18Li2N2O. The average molecular weight is 160 g/mol. The Balaban J connectivity index is -0.0000000675. The van der Waals surface area contributed by atoms with Gasteiger partial charge in [-0.15, -0.1) is 0 Å². The van der Waals surface area contributed by atoms with Crippen molar-refractivity contribution in [3.8, 4) is 0 Å². The fraction of sp³-hybridized carbons (Fsp3) is 0.857. The Kier molecular flexibility index (Phi) is 17.8. The molecule has 5 heteroatoms. The van der Waals surface area contributed by atoms with Crippen LogP contribution >= 0.6 is 0 Å². The molecule has 0 aliphatic carbocycles. The van der Waals surface area contributed by atoms with Gasteiger partial charge in [0.05, 0.1) is 0 Å². The smallest absolute Gasteiger partial charge is 1.00 e. The molecule has 12 heavy (non-hydrogen) atoms. The van der Waals surface area contributed by atoms with E-state index in [9.17, 15) is 4.79 Å². The van der Waals surface area contributed by atoms with Gasteiger partial charge in [0.1, 0.15) is 0 Å². The molecule has 0 saturated heterocycles. The van der Waals surface area contributed by atoms with Crippen LogP contribution in [-0.4, -0.2) is 11.9 Å². The van der Waals surface area contributed by atoms with E-state index in [0.717, 1.165) is 19.3 Å². The van der Waals surface area contributed by atoms with Crippen molar-refractivity contribution in [3.63, 3.8) is 0 Å². The second-order valence-electron chi connectivity index (χ2n) is 2.57. The van der Waals surface area contributed by atoms with Crippen molar-refractivity contribution < 1.29 is 45.4 Å². The summed E-state index contributed by atoms with van der Waals surface area (Å²) in [6, 6.07) is -0.0301. The summed E-state index contributed by atoms with van der Waals surface area (Å²) in [5.41, 5.74) is 10.5. The van der Waals surface area contributed by atoms with Crippen LogP contribution in [0.2, 0.25) is 0 Å². The first kappa shape index (κ1) is 18.4. The Hall–Kier alpha value is 0.625. The van der Waals surface area contributed by atoms with Gasteiger partial charge >= 0.3 is 37.7 Å². The van der Waals surface area contributed by atoms with Gasteiger partial charge in [0, 0.05) is 12.5 Å². The largest absolute Gasteiger partial charge is 1.00 e. The molecule has 0 fully saturated rings. The number of rotatable bonds is 5. The molecule has 1 amide bonds. The summed E-state index contributed by atoms with van der Waals surface area (Å²) in [5, 5.41) is 0. The molecule has 1 atom stereocenters. The summed E-state index contributed by atoms with van der Waals surface area (Å²) >= 11 is 0. The van der Waals surface area contributed by atoms with Crippen molar-refractivity contribution in [3.05, 3.63) is 0 Å². The number of carbonyl (C=O) groups excluding carboxylic acids is 1. The minimum atomic E-state index is -0.302. The van der Waals surface area contributed by atoms with E-state index in [1.54, 1.807) is 0 Å². The first-order chi connectivity index (χ1) is 4.66. The summed E-state index contributed by atoms with van der Waals surface area (Å²) in [5.74, 6) is -0.302. The van der Waals surface area contributed by atoms with Crippen molar-refractivity contribution in [2.75, 3.05) is 0 Å². The molecule has 0 radical (unpaired) electrons. The van der Waals surface area contributed by atoms with Gasteiger partial charge in [-0.25, -0.2) is 0 Å². The molecular weight excluding hydrogens is 142 g/mol. The van der Waals surface area contributed by atoms with E-state index in [1.807, 2.05) is 0 Å².